The average Bonchev–Trinajstić information content (AvgIpc) is 3.48. The minimum atomic E-state index is -1.07. The number of esters is 1. The van der Waals surface area contributed by atoms with Gasteiger partial charge in [0.2, 0.25) is 0 Å². The number of carbonyl (C=O) groups is 3. The van der Waals surface area contributed by atoms with Gasteiger partial charge in [-0.15, -0.1) is 0 Å². The molecule has 1 aromatic heterocycles. The van der Waals surface area contributed by atoms with Gasteiger partial charge < -0.3 is 19.7 Å². The first-order valence-electron chi connectivity index (χ1n) is 12.6. The highest BCUT2D eigenvalue weighted by molar-refractivity contribution is 7.17. The number of rotatable bonds is 7. The molecule has 1 aliphatic heterocycles. The van der Waals surface area contributed by atoms with Crippen LogP contribution < -0.4 is 9.64 Å². The number of anilines is 1. The number of hydrogen-bond donors (Lipinski definition) is 2. The number of ether oxygens (including phenoxy) is 2. The number of phenols is 1. The lowest BCUT2D eigenvalue weighted by atomic mass is 9.95. The molecule has 2 N–H and O–H groups in total. The van der Waals surface area contributed by atoms with Crippen LogP contribution in [0.5, 0.6) is 11.5 Å². The molecule has 0 aliphatic carbocycles. The molecule has 1 atom stereocenters. The number of Topliss-reactive ketones (excluding diaryl/α,β-unsaturated/α-hetero) is 1. The van der Waals surface area contributed by atoms with E-state index in [1.54, 1.807) is 43.3 Å². The third-order valence-corrected chi connectivity index (χ3v) is 7.77. The van der Waals surface area contributed by atoms with Gasteiger partial charge in [-0.2, -0.15) is 0 Å². The Bertz CT molecular complexity index is 1670. The Kier molecular flexibility index (Phi) is 7.58. The minimum absolute atomic E-state index is 0.00924. The Hall–Kier alpha value is -4.96. The Morgan fingerprint density at radius 1 is 1.02 bits per heavy atom. The summed E-state index contributed by atoms with van der Waals surface area (Å²) in [6.45, 7) is 3.96. The summed E-state index contributed by atoms with van der Waals surface area (Å²) in [7, 11) is 1.24. The largest absolute Gasteiger partial charge is 0.508 e. The van der Waals surface area contributed by atoms with Crippen molar-refractivity contribution >= 4 is 39.9 Å². The fourth-order valence-electron chi connectivity index (χ4n) is 4.60. The van der Waals surface area contributed by atoms with Crippen molar-refractivity contribution in [3.63, 3.8) is 0 Å². The summed E-state index contributed by atoms with van der Waals surface area (Å²) in [5.41, 5.74) is 3.08. The Morgan fingerprint density at radius 3 is 2.39 bits per heavy atom. The smallest absolute Gasteiger partial charge is 0.350 e. The first-order valence-corrected chi connectivity index (χ1v) is 13.4. The van der Waals surface area contributed by atoms with Gasteiger partial charge >= 0.3 is 11.9 Å². The number of carbonyl (C=O) groups excluding carboxylic acids is 3. The molecule has 1 fully saturated rings. The van der Waals surface area contributed by atoms with Crippen molar-refractivity contribution in [3.8, 4) is 11.5 Å². The molecular formula is C31H26N2O7S. The highest BCUT2D eigenvalue weighted by Gasteiger charge is 2.48. The second-order valence-electron chi connectivity index (χ2n) is 9.47. The van der Waals surface area contributed by atoms with Gasteiger partial charge in [-0.05, 0) is 61.4 Å². The number of nitrogens with zero attached hydrogens (tertiary/aromatic N) is 2. The number of aromatic hydroxyl groups is 1. The molecule has 1 amide bonds. The zero-order chi connectivity index (χ0) is 29.3. The lowest BCUT2D eigenvalue weighted by Crippen LogP contribution is -2.29. The van der Waals surface area contributed by atoms with Crippen LogP contribution in [0.25, 0.3) is 5.76 Å². The van der Waals surface area contributed by atoms with Gasteiger partial charge in [-0.1, -0.05) is 53.3 Å². The van der Waals surface area contributed by atoms with Gasteiger partial charge in [0, 0.05) is 5.56 Å². The summed E-state index contributed by atoms with van der Waals surface area (Å²) in [6.07, 6.45) is 0. The van der Waals surface area contributed by atoms with Crippen LogP contribution in [-0.2, 0) is 20.9 Å². The lowest BCUT2D eigenvalue weighted by molar-refractivity contribution is -0.132. The number of aliphatic hydroxyl groups excluding tert-OH is 1. The Balaban J connectivity index is 1.52. The van der Waals surface area contributed by atoms with Crippen LogP contribution in [0.3, 0.4) is 0 Å². The molecule has 10 heteroatoms. The van der Waals surface area contributed by atoms with Crippen molar-refractivity contribution in [3.05, 3.63) is 111 Å². The molecule has 41 heavy (non-hydrogen) atoms. The number of ketones is 1. The molecule has 0 radical (unpaired) electrons. The number of aliphatic hydroxyl groups is 1. The molecule has 9 nitrogen and oxygen atoms in total. The predicted octanol–water partition coefficient (Wildman–Crippen LogP) is 5.46. The summed E-state index contributed by atoms with van der Waals surface area (Å²) in [6, 6.07) is 19.4. The van der Waals surface area contributed by atoms with E-state index in [9.17, 15) is 24.6 Å². The number of benzene rings is 3. The van der Waals surface area contributed by atoms with Crippen LogP contribution in [0, 0.1) is 13.8 Å². The van der Waals surface area contributed by atoms with Gasteiger partial charge in [-0.3, -0.25) is 14.5 Å². The van der Waals surface area contributed by atoms with Gasteiger partial charge in [-0.25, -0.2) is 9.78 Å². The third-order valence-electron chi connectivity index (χ3n) is 6.63. The predicted molar refractivity (Wildman–Crippen MR) is 153 cm³/mol. The number of phenolic OH excluding ortho intramolecular Hbond substituents is 1. The Labute approximate surface area is 239 Å². The van der Waals surface area contributed by atoms with E-state index in [1.165, 1.54) is 19.2 Å². The van der Waals surface area contributed by atoms with Crippen LogP contribution in [0.1, 0.15) is 43.7 Å². The van der Waals surface area contributed by atoms with Gasteiger partial charge in [0.1, 0.15) is 28.7 Å². The van der Waals surface area contributed by atoms with E-state index in [-0.39, 0.29) is 27.1 Å². The van der Waals surface area contributed by atoms with Gasteiger partial charge in [0.15, 0.2) is 5.13 Å². The molecule has 0 bridgehead atoms. The van der Waals surface area contributed by atoms with Crippen LogP contribution in [-0.4, -0.2) is 40.0 Å². The fraction of sp³-hybridized carbons (Fsp3) is 0.161. The maximum absolute atomic E-state index is 13.4. The normalized spacial score (nSPS) is 16.2. The molecule has 1 saturated heterocycles. The topological polar surface area (TPSA) is 126 Å². The van der Waals surface area contributed by atoms with E-state index in [0.717, 1.165) is 27.4 Å². The van der Waals surface area contributed by atoms with Crippen molar-refractivity contribution in [2.45, 2.75) is 26.5 Å². The van der Waals surface area contributed by atoms with Crippen molar-refractivity contribution in [2.24, 2.45) is 0 Å². The van der Waals surface area contributed by atoms with E-state index < -0.39 is 23.7 Å². The molecule has 2 heterocycles. The molecule has 4 aromatic rings. The van der Waals surface area contributed by atoms with Crippen LogP contribution in [0.15, 0.2) is 78.4 Å². The van der Waals surface area contributed by atoms with Crippen molar-refractivity contribution in [2.75, 3.05) is 12.0 Å². The molecule has 1 aliphatic rings. The van der Waals surface area contributed by atoms with Gasteiger partial charge in [0.05, 0.1) is 24.4 Å². The van der Waals surface area contributed by atoms with Crippen molar-refractivity contribution in [1.82, 2.24) is 4.98 Å². The number of aryl methyl sites for hydroxylation is 2. The van der Waals surface area contributed by atoms with E-state index in [4.69, 9.17) is 9.47 Å². The lowest BCUT2D eigenvalue weighted by Gasteiger charge is -2.23. The summed E-state index contributed by atoms with van der Waals surface area (Å²) in [5.74, 6) is -2.26. The van der Waals surface area contributed by atoms with Crippen LogP contribution >= 0.6 is 11.3 Å². The SMILES string of the molecule is COC(=O)c1sc(N2C(=O)C(=O)C(=C(O)c3ccc(OCc4cccc(C)c4)cc3)[C@@H]2c2ccc(O)cc2)nc1C. The maximum Gasteiger partial charge on any atom is 0.350 e. The summed E-state index contributed by atoms with van der Waals surface area (Å²) in [4.78, 5) is 44.7. The molecule has 3 aromatic carbocycles. The highest BCUT2D eigenvalue weighted by Crippen LogP contribution is 2.44. The number of amides is 1. The van der Waals surface area contributed by atoms with Crippen LogP contribution in [0.4, 0.5) is 5.13 Å². The quantitative estimate of drug-likeness (QED) is 0.130. The summed E-state index contributed by atoms with van der Waals surface area (Å²) >= 11 is 0.910. The molecular weight excluding hydrogens is 544 g/mol. The van der Waals surface area contributed by atoms with Crippen molar-refractivity contribution < 1.29 is 34.1 Å². The second kappa shape index (κ2) is 11.3. The van der Waals surface area contributed by atoms with Crippen LogP contribution in [0.2, 0.25) is 0 Å². The maximum atomic E-state index is 13.4. The molecule has 5 rings (SSSR count). The zero-order valence-corrected chi connectivity index (χ0v) is 23.3. The first-order chi connectivity index (χ1) is 19.7. The molecule has 208 valence electrons. The zero-order valence-electron chi connectivity index (χ0n) is 22.5. The standard InChI is InChI=1S/C31H26N2O7S/c1-17-5-4-6-19(15-17)16-40-23-13-9-21(10-14-23)26(35)24-25(20-7-11-22(34)12-8-20)33(29(37)27(24)36)31-32-18(2)28(41-31)30(38)39-3/h4-15,25,34-35H,16H2,1-3H3/t25-/m0/s1. The van der Waals surface area contributed by atoms with Gasteiger partial charge in [0.25, 0.3) is 5.78 Å². The summed E-state index contributed by atoms with van der Waals surface area (Å²) in [5, 5.41) is 21.3. The van der Waals surface area contributed by atoms with E-state index in [1.807, 2.05) is 31.2 Å². The second-order valence-corrected chi connectivity index (χ2v) is 10.4. The molecule has 0 unspecified atom stereocenters. The number of hydrogen-bond acceptors (Lipinski definition) is 9. The van der Waals surface area contributed by atoms with E-state index >= 15 is 0 Å². The average molecular weight is 571 g/mol. The minimum Gasteiger partial charge on any atom is -0.508 e. The third kappa shape index (κ3) is 5.42. The highest BCUT2D eigenvalue weighted by atomic mass is 32.1. The van der Waals surface area contributed by atoms with E-state index in [2.05, 4.69) is 4.98 Å². The Morgan fingerprint density at radius 2 is 1.73 bits per heavy atom. The molecule has 0 spiro atoms. The monoisotopic (exact) mass is 570 g/mol. The summed E-state index contributed by atoms with van der Waals surface area (Å²) < 4.78 is 10.7. The first kappa shape index (κ1) is 27.6. The number of aromatic nitrogens is 1. The number of methoxy groups -OCH3 is 1. The van der Waals surface area contributed by atoms with Crippen molar-refractivity contribution in [1.29, 1.82) is 0 Å². The molecule has 0 saturated carbocycles. The number of thiazole rings is 1. The fourth-order valence-corrected chi connectivity index (χ4v) is 5.61. The van der Waals surface area contributed by atoms with E-state index in [0.29, 0.717) is 29.2 Å².